The Morgan fingerprint density at radius 1 is 0.882 bits per heavy atom. The van der Waals surface area contributed by atoms with Gasteiger partial charge in [-0.15, -0.1) is 0 Å². The summed E-state index contributed by atoms with van der Waals surface area (Å²) in [5.41, 5.74) is 5.06. The highest BCUT2D eigenvalue weighted by atomic mass is 16.5. The van der Waals surface area contributed by atoms with E-state index in [4.69, 9.17) is 4.74 Å². The van der Waals surface area contributed by atoms with Crippen molar-refractivity contribution >= 4 is 28.6 Å². The number of hydrogen-bond acceptors (Lipinski definition) is 4. The Hall–Kier alpha value is -3.57. The van der Waals surface area contributed by atoms with Gasteiger partial charge in [0.05, 0.1) is 17.9 Å². The van der Waals surface area contributed by atoms with E-state index in [0.29, 0.717) is 5.57 Å². The molecule has 5 nitrogen and oxygen atoms in total. The SMILES string of the molecule is O=C1Nc2ccccc2C1=C(Nc1ccc(OCCCN2CCCCC2)cc1)c1ccccc1. The van der Waals surface area contributed by atoms with Crippen LogP contribution in [0.1, 0.15) is 36.8 Å². The second-order valence-electron chi connectivity index (χ2n) is 8.87. The Bertz CT molecular complexity index is 1150. The van der Waals surface area contributed by atoms with Gasteiger partial charge >= 0.3 is 0 Å². The molecule has 5 heteroatoms. The van der Waals surface area contributed by atoms with Crippen LogP contribution in [-0.4, -0.2) is 37.0 Å². The third-order valence-corrected chi connectivity index (χ3v) is 6.44. The maximum absolute atomic E-state index is 12.9. The molecule has 5 rings (SSSR count). The lowest BCUT2D eigenvalue weighted by atomic mass is 10.00. The van der Waals surface area contributed by atoms with E-state index >= 15 is 0 Å². The Balaban J connectivity index is 1.29. The van der Waals surface area contributed by atoms with Gasteiger partial charge in [-0.25, -0.2) is 0 Å². The van der Waals surface area contributed by atoms with Crippen LogP contribution in [0.4, 0.5) is 11.4 Å². The number of nitrogens with one attached hydrogen (secondary N) is 2. The molecule has 3 aromatic rings. The molecule has 0 spiro atoms. The van der Waals surface area contributed by atoms with E-state index in [2.05, 4.69) is 15.5 Å². The molecule has 2 aliphatic rings. The van der Waals surface area contributed by atoms with Crippen molar-refractivity contribution in [2.24, 2.45) is 0 Å². The van der Waals surface area contributed by atoms with E-state index < -0.39 is 0 Å². The summed E-state index contributed by atoms with van der Waals surface area (Å²) >= 11 is 0. The van der Waals surface area contributed by atoms with Gasteiger partial charge in [-0.2, -0.15) is 0 Å². The van der Waals surface area contributed by atoms with Crippen molar-refractivity contribution in [1.82, 2.24) is 4.90 Å². The molecule has 2 aliphatic heterocycles. The number of ether oxygens (including phenoxy) is 1. The van der Waals surface area contributed by atoms with Crippen LogP contribution in [-0.2, 0) is 4.79 Å². The minimum Gasteiger partial charge on any atom is -0.494 e. The molecule has 0 saturated carbocycles. The van der Waals surface area contributed by atoms with Gasteiger partial charge in [0.25, 0.3) is 5.91 Å². The normalized spacial score (nSPS) is 17.1. The molecule has 174 valence electrons. The molecule has 0 unspecified atom stereocenters. The Labute approximate surface area is 201 Å². The van der Waals surface area contributed by atoms with Gasteiger partial charge in [0.2, 0.25) is 0 Å². The predicted molar refractivity (Wildman–Crippen MR) is 139 cm³/mol. The lowest BCUT2D eigenvalue weighted by Crippen LogP contribution is -2.31. The van der Waals surface area contributed by atoms with E-state index in [1.807, 2.05) is 78.9 Å². The van der Waals surface area contributed by atoms with Gasteiger partial charge in [-0.1, -0.05) is 55.0 Å². The first kappa shape index (κ1) is 22.2. The smallest absolute Gasteiger partial charge is 0.258 e. The standard InChI is InChI=1S/C29H31N3O2/c33-29-27(25-12-5-6-13-26(25)31-29)28(22-10-3-1-4-11-22)30-23-14-16-24(17-15-23)34-21-9-20-32-18-7-2-8-19-32/h1,3-6,10-17,30H,2,7-9,18-21H2,(H,31,33). The maximum atomic E-state index is 12.9. The molecule has 0 aliphatic carbocycles. The second kappa shape index (κ2) is 10.6. The second-order valence-corrected chi connectivity index (χ2v) is 8.87. The summed E-state index contributed by atoms with van der Waals surface area (Å²) in [4.78, 5) is 15.5. The number of rotatable bonds is 8. The highest BCUT2D eigenvalue weighted by Gasteiger charge is 2.28. The zero-order chi connectivity index (χ0) is 23.2. The van der Waals surface area contributed by atoms with Gasteiger partial charge in [0.15, 0.2) is 0 Å². The van der Waals surface area contributed by atoms with Gasteiger partial charge < -0.3 is 20.3 Å². The predicted octanol–water partition coefficient (Wildman–Crippen LogP) is 5.87. The van der Waals surface area contributed by atoms with Gasteiger partial charge in [0.1, 0.15) is 5.75 Å². The largest absolute Gasteiger partial charge is 0.494 e. The number of likely N-dealkylation sites (tertiary alicyclic amines) is 1. The Kier molecular flexibility index (Phi) is 6.91. The molecule has 1 fully saturated rings. The first-order chi connectivity index (χ1) is 16.8. The van der Waals surface area contributed by atoms with Crippen molar-refractivity contribution in [3.8, 4) is 5.75 Å². The van der Waals surface area contributed by atoms with E-state index in [1.165, 1.54) is 32.4 Å². The minimum absolute atomic E-state index is 0.0961. The first-order valence-corrected chi connectivity index (χ1v) is 12.2. The molecule has 34 heavy (non-hydrogen) atoms. The monoisotopic (exact) mass is 453 g/mol. The number of hydrogen-bond donors (Lipinski definition) is 2. The zero-order valence-corrected chi connectivity index (χ0v) is 19.4. The number of fused-ring (bicyclic) bond motifs is 1. The number of nitrogens with zero attached hydrogens (tertiary/aromatic N) is 1. The highest BCUT2D eigenvalue weighted by molar-refractivity contribution is 6.37. The summed E-state index contributed by atoms with van der Waals surface area (Å²) in [6.45, 7) is 4.28. The topological polar surface area (TPSA) is 53.6 Å². The average Bonchev–Trinajstić information content (AvgIpc) is 3.22. The van der Waals surface area contributed by atoms with E-state index in [1.54, 1.807) is 0 Å². The number of amides is 1. The zero-order valence-electron chi connectivity index (χ0n) is 19.4. The molecule has 2 N–H and O–H groups in total. The third-order valence-electron chi connectivity index (χ3n) is 6.44. The third kappa shape index (κ3) is 5.15. The number of para-hydroxylation sites is 1. The van der Waals surface area contributed by atoms with E-state index in [9.17, 15) is 4.79 Å². The van der Waals surface area contributed by atoms with Crippen LogP contribution in [0.3, 0.4) is 0 Å². The lowest BCUT2D eigenvalue weighted by Gasteiger charge is -2.26. The summed E-state index contributed by atoms with van der Waals surface area (Å²) in [6.07, 6.45) is 5.05. The molecule has 0 atom stereocenters. The quantitative estimate of drug-likeness (QED) is 0.331. The lowest BCUT2D eigenvalue weighted by molar-refractivity contribution is -0.110. The van der Waals surface area contributed by atoms with E-state index in [0.717, 1.165) is 53.5 Å². The van der Waals surface area contributed by atoms with Crippen LogP contribution >= 0.6 is 0 Å². The van der Waals surface area contributed by atoms with Crippen LogP contribution in [0, 0.1) is 0 Å². The summed E-state index contributed by atoms with van der Waals surface area (Å²) in [6, 6.07) is 25.8. The number of carbonyl (C=O) groups is 1. The van der Waals surface area contributed by atoms with Crippen LogP contribution < -0.4 is 15.4 Å². The van der Waals surface area contributed by atoms with Crippen molar-refractivity contribution in [1.29, 1.82) is 0 Å². The molecular formula is C29H31N3O2. The van der Waals surface area contributed by atoms with Gasteiger partial charge in [-0.05, 0) is 68.2 Å². The fourth-order valence-corrected chi connectivity index (χ4v) is 4.69. The van der Waals surface area contributed by atoms with E-state index in [-0.39, 0.29) is 5.91 Å². The van der Waals surface area contributed by atoms with Crippen molar-refractivity contribution < 1.29 is 9.53 Å². The summed E-state index contributed by atoms with van der Waals surface area (Å²) in [5, 5.41) is 6.49. The number of benzene rings is 3. The van der Waals surface area contributed by atoms with Crippen molar-refractivity contribution in [2.75, 3.05) is 36.9 Å². The summed E-state index contributed by atoms with van der Waals surface area (Å²) in [5.74, 6) is 0.767. The first-order valence-electron chi connectivity index (χ1n) is 12.2. The molecule has 1 saturated heterocycles. The summed E-state index contributed by atoms with van der Waals surface area (Å²) < 4.78 is 5.97. The van der Waals surface area contributed by atoms with Crippen molar-refractivity contribution in [3.05, 3.63) is 90.0 Å². The van der Waals surface area contributed by atoms with Crippen LogP contribution in [0.25, 0.3) is 11.3 Å². The van der Waals surface area contributed by atoms with Gasteiger partial charge in [0, 0.05) is 23.5 Å². The summed E-state index contributed by atoms with van der Waals surface area (Å²) in [7, 11) is 0. The fraction of sp³-hybridized carbons (Fsp3) is 0.276. The highest BCUT2D eigenvalue weighted by Crippen LogP contribution is 2.37. The van der Waals surface area contributed by atoms with Crippen molar-refractivity contribution in [3.63, 3.8) is 0 Å². The molecular weight excluding hydrogens is 422 g/mol. The number of carbonyl (C=O) groups excluding carboxylic acids is 1. The number of piperidine rings is 1. The van der Waals surface area contributed by atoms with Crippen LogP contribution in [0.15, 0.2) is 78.9 Å². The Morgan fingerprint density at radius 3 is 2.41 bits per heavy atom. The molecule has 0 bridgehead atoms. The number of anilines is 2. The Morgan fingerprint density at radius 2 is 1.62 bits per heavy atom. The maximum Gasteiger partial charge on any atom is 0.258 e. The van der Waals surface area contributed by atoms with Crippen LogP contribution in [0.2, 0.25) is 0 Å². The molecule has 2 heterocycles. The van der Waals surface area contributed by atoms with Gasteiger partial charge in [-0.3, -0.25) is 4.79 Å². The van der Waals surface area contributed by atoms with Crippen molar-refractivity contribution in [2.45, 2.75) is 25.7 Å². The average molecular weight is 454 g/mol. The molecule has 0 aromatic heterocycles. The fourth-order valence-electron chi connectivity index (χ4n) is 4.69. The van der Waals surface area contributed by atoms with Crippen LogP contribution in [0.5, 0.6) is 5.75 Å². The molecule has 1 amide bonds. The molecule has 3 aromatic carbocycles. The molecule has 0 radical (unpaired) electrons. The minimum atomic E-state index is -0.0961.